The molecule has 9 nitrogen and oxygen atoms in total. The molecule has 0 saturated carbocycles. The van der Waals surface area contributed by atoms with E-state index in [1.54, 1.807) is 19.4 Å². The van der Waals surface area contributed by atoms with E-state index in [-0.39, 0.29) is 29.4 Å². The lowest BCUT2D eigenvalue weighted by Gasteiger charge is -2.12. The minimum atomic E-state index is -0.744. The fraction of sp³-hybridized carbons (Fsp3) is 0.118. The standard InChI is InChI=1S/C34H26BrF2N5O4S.ClH/c1-45-13-12-38-17-20-2-8-27(40-18-20)31-16-28-32(47-31)30(10-11-39-28)46-29-9-5-23(15-26(29)37)41-33(43)25-14-21(35)19-42(34(25)44)24-6-3-22(36)4-7-24;/h2-11,14-16,18-19,38H,12-13,17H2,1H3,(H,41,43);1H. The first-order chi connectivity index (χ1) is 22.8. The molecule has 6 rings (SSSR count). The van der Waals surface area contributed by atoms with E-state index in [9.17, 15) is 14.0 Å². The molecule has 0 aliphatic carbocycles. The summed E-state index contributed by atoms with van der Waals surface area (Å²) in [5.41, 5.74) is 2.17. The van der Waals surface area contributed by atoms with Crippen molar-refractivity contribution in [2.24, 2.45) is 0 Å². The number of hydrogen-bond acceptors (Lipinski definition) is 8. The van der Waals surface area contributed by atoms with E-state index in [1.165, 1.54) is 64.6 Å². The molecule has 0 aliphatic heterocycles. The van der Waals surface area contributed by atoms with Crippen LogP contribution in [0.4, 0.5) is 14.5 Å². The van der Waals surface area contributed by atoms with Gasteiger partial charge in [0, 0.05) is 66.8 Å². The predicted octanol–water partition coefficient (Wildman–Crippen LogP) is 7.75. The quantitative estimate of drug-likeness (QED) is 0.130. The van der Waals surface area contributed by atoms with Crippen LogP contribution < -0.4 is 20.9 Å². The Labute approximate surface area is 292 Å². The maximum absolute atomic E-state index is 15.3. The highest BCUT2D eigenvalue weighted by Crippen LogP contribution is 2.39. The summed E-state index contributed by atoms with van der Waals surface area (Å²) >= 11 is 4.74. The maximum atomic E-state index is 15.3. The Balaban J connectivity index is 0.00000451. The molecular formula is C34H27BrClF2N5O4S. The van der Waals surface area contributed by atoms with Crippen LogP contribution in [-0.4, -0.2) is 40.7 Å². The number of carbonyl (C=O) groups excluding carboxylic acids is 1. The van der Waals surface area contributed by atoms with Gasteiger partial charge in [-0.05, 0) is 76.1 Å². The van der Waals surface area contributed by atoms with Gasteiger partial charge in [0.05, 0.1) is 27.4 Å². The second-order valence-corrected chi connectivity index (χ2v) is 12.2. The molecule has 0 aliphatic rings. The number of rotatable bonds is 11. The Morgan fingerprint density at radius 2 is 1.81 bits per heavy atom. The van der Waals surface area contributed by atoms with Gasteiger partial charge in [-0.25, -0.2) is 8.78 Å². The molecule has 2 aromatic carbocycles. The number of benzene rings is 2. The molecule has 4 heterocycles. The smallest absolute Gasteiger partial charge is 0.268 e. The Hall–Kier alpha value is -4.53. The average Bonchev–Trinajstić information content (AvgIpc) is 3.51. The SMILES string of the molecule is COCCNCc1ccc(-c2cc3nccc(Oc4ccc(NC(=O)c5cc(Br)cn(-c6ccc(F)cc6)c5=O)cc4F)c3s2)nc1.Cl. The number of methoxy groups -OCH3 is 1. The molecule has 6 aromatic rings. The van der Waals surface area contributed by atoms with Crippen LogP contribution in [0.3, 0.4) is 0 Å². The van der Waals surface area contributed by atoms with Gasteiger partial charge in [0.15, 0.2) is 11.6 Å². The number of ether oxygens (including phenoxy) is 2. The molecule has 0 saturated heterocycles. The molecule has 1 amide bonds. The zero-order valence-corrected chi connectivity index (χ0v) is 28.4. The molecule has 0 atom stereocenters. The van der Waals surface area contributed by atoms with Gasteiger partial charge in [-0.15, -0.1) is 23.7 Å². The van der Waals surface area contributed by atoms with Crippen LogP contribution in [-0.2, 0) is 11.3 Å². The van der Waals surface area contributed by atoms with Crippen LogP contribution in [0, 0.1) is 11.6 Å². The summed E-state index contributed by atoms with van der Waals surface area (Å²) in [4.78, 5) is 36.1. The molecule has 2 N–H and O–H groups in total. The number of pyridine rings is 3. The lowest BCUT2D eigenvalue weighted by molar-refractivity contribution is 0.102. The van der Waals surface area contributed by atoms with E-state index >= 15 is 4.39 Å². The Morgan fingerprint density at radius 1 is 1.00 bits per heavy atom. The normalized spacial score (nSPS) is 10.9. The van der Waals surface area contributed by atoms with Gasteiger partial charge in [0.1, 0.15) is 17.1 Å². The van der Waals surface area contributed by atoms with Gasteiger partial charge in [0.2, 0.25) is 0 Å². The van der Waals surface area contributed by atoms with E-state index in [2.05, 4.69) is 36.5 Å². The van der Waals surface area contributed by atoms with Gasteiger partial charge < -0.3 is 20.1 Å². The molecule has 0 fully saturated rings. The van der Waals surface area contributed by atoms with Crippen molar-refractivity contribution in [3.8, 4) is 27.8 Å². The molecule has 246 valence electrons. The van der Waals surface area contributed by atoms with Crippen molar-refractivity contribution in [1.29, 1.82) is 0 Å². The van der Waals surface area contributed by atoms with Crippen LogP contribution in [0.25, 0.3) is 26.5 Å². The summed E-state index contributed by atoms with van der Waals surface area (Å²) in [7, 11) is 1.66. The Morgan fingerprint density at radius 3 is 2.54 bits per heavy atom. The van der Waals surface area contributed by atoms with Crippen molar-refractivity contribution >= 4 is 61.5 Å². The minimum absolute atomic E-state index is 0. The Bertz CT molecular complexity index is 2130. The monoisotopic (exact) mass is 753 g/mol. The number of nitrogens with zero attached hydrogens (tertiary/aromatic N) is 3. The summed E-state index contributed by atoms with van der Waals surface area (Å²) in [5.74, 6) is -1.57. The number of nitrogens with one attached hydrogen (secondary N) is 2. The van der Waals surface area contributed by atoms with Crippen molar-refractivity contribution in [1.82, 2.24) is 19.9 Å². The molecule has 4 aromatic heterocycles. The summed E-state index contributed by atoms with van der Waals surface area (Å²) in [6.45, 7) is 2.05. The number of amides is 1. The van der Waals surface area contributed by atoms with Gasteiger partial charge in [-0.1, -0.05) is 6.07 Å². The molecule has 0 bridgehead atoms. The van der Waals surface area contributed by atoms with Gasteiger partial charge in [-0.3, -0.25) is 24.1 Å². The van der Waals surface area contributed by atoms with Crippen molar-refractivity contribution in [2.45, 2.75) is 6.54 Å². The van der Waals surface area contributed by atoms with E-state index in [0.717, 1.165) is 33.4 Å². The second-order valence-electron chi connectivity index (χ2n) is 10.3. The van der Waals surface area contributed by atoms with Crippen molar-refractivity contribution in [3.63, 3.8) is 0 Å². The second kappa shape index (κ2) is 15.6. The highest BCUT2D eigenvalue weighted by Gasteiger charge is 2.18. The van der Waals surface area contributed by atoms with Crippen molar-refractivity contribution in [3.05, 3.63) is 129 Å². The molecular weight excluding hydrogens is 728 g/mol. The summed E-state index contributed by atoms with van der Waals surface area (Å²) in [6, 6.07) is 18.1. The highest BCUT2D eigenvalue weighted by molar-refractivity contribution is 9.10. The van der Waals surface area contributed by atoms with Gasteiger partial charge in [-0.2, -0.15) is 0 Å². The number of fused-ring (bicyclic) bond motifs is 1. The van der Waals surface area contributed by atoms with Crippen molar-refractivity contribution in [2.75, 3.05) is 25.6 Å². The summed E-state index contributed by atoms with van der Waals surface area (Å²) < 4.78 is 42.1. The van der Waals surface area contributed by atoms with Crippen LogP contribution in [0.2, 0.25) is 0 Å². The first kappa shape index (κ1) is 34.8. The largest absolute Gasteiger partial charge is 0.453 e. The fourth-order valence-corrected chi connectivity index (χ4v) is 6.16. The van der Waals surface area contributed by atoms with Crippen LogP contribution in [0.15, 0.2) is 101 Å². The summed E-state index contributed by atoms with van der Waals surface area (Å²) in [5, 5.41) is 5.85. The van der Waals surface area contributed by atoms with E-state index in [1.807, 2.05) is 24.4 Å². The molecule has 0 spiro atoms. The summed E-state index contributed by atoms with van der Waals surface area (Å²) in [6.07, 6.45) is 4.87. The maximum Gasteiger partial charge on any atom is 0.268 e. The Kier molecular flexibility index (Phi) is 11.3. The van der Waals surface area contributed by atoms with E-state index in [0.29, 0.717) is 34.6 Å². The lowest BCUT2D eigenvalue weighted by atomic mass is 10.2. The zero-order chi connectivity index (χ0) is 32.9. The van der Waals surface area contributed by atoms with E-state index < -0.39 is 23.1 Å². The minimum Gasteiger partial charge on any atom is -0.453 e. The van der Waals surface area contributed by atoms with Crippen LogP contribution in [0.1, 0.15) is 15.9 Å². The number of hydrogen-bond donors (Lipinski definition) is 2. The van der Waals surface area contributed by atoms with Crippen LogP contribution in [0.5, 0.6) is 11.5 Å². The first-order valence-electron chi connectivity index (χ1n) is 14.3. The number of thiophene rings is 1. The number of aromatic nitrogens is 3. The molecule has 0 unspecified atom stereocenters. The number of halogens is 4. The van der Waals surface area contributed by atoms with Crippen LogP contribution >= 0.6 is 39.7 Å². The third-order valence-corrected chi connectivity index (χ3v) is 8.60. The predicted molar refractivity (Wildman–Crippen MR) is 188 cm³/mol. The number of anilines is 1. The van der Waals surface area contributed by atoms with E-state index in [4.69, 9.17) is 9.47 Å². The fourth-order valence-electron chi connectivity index (χ4n) is 4.69. The first-order valence-corrected chi connectivity index (χ1v) is 15.9. The number of carbonyl (C=O) groups is 1. The topological polar surface area (TPSA) is 107 Å². The highest BCUT2D eigenvalue weighted by atomic mass is 79.9. The molecule has 48 heavy (non-hydrogen) atoms. The van der Waals surface area contributed by atoms with Crippen molar-refractivity contribution < 1.29 is 23.0 Å². The third kappa shape index (κ3) is 7.94. The zero-order valence-electron chi connectivity index (χ0n) is 25.2. The molecule has 0 radical (unpaired) electrons. The lowest BCUT2D eigenvalue weighted by Crippen LogP contribution is -2.28. The third-order valence-electron chi connectivity index (χ3n) is 7.01. The van der Waals surface area contributed by atoms with Gasteiger partial charge in [0.25, 0.3) is 11.5 Å². The average molecular weight is 755 g/mol. The van der Waals surface area contributed by atoms with Gasteiger partial charge >= 0.3 is 0 Å². The molecule has 14 heteroatoms.